The lowest BCUT2D eigenvalue weighted by Crippen LogP contribution is -2.49. The summed E-state index contributed by atoms with van der Waals surface area (Å²) in [5.41, 5.74) is -0.493. The third-order valence-electron chi connectivity index (χ3n) is 5.27. The summed E-state index contributed by atoms with van der Waals surface area (Å²) in [6.45, 7) is 2.27. The molecule has 1 saturated heterocycles. The van der Waals surface area contributed by atoms with Crippen molar-refractivity contribution in [3.8, 4) is 0 Å². The van der Waals surface area contributed by atoms with Gasteiger partial charge >= 0.3 is 6.18 Å². The fourth-order valence-electron chi connectivity index (χ4n) is 3.70. The van der Waals surface area contributed by atoms with Gasteiger partial charge in [0.05, 0.1) is 16.0 Å². The van der Waals surface area contributed by atoms with E-state index in [0.29, 0.717) is 24.5 Å². The lowest BCUT2D eigenvalue weighted by atomic mass is 10.0. The van der Waals surface area contributed by atoms with Crippen LogP contribution in [0.15, 0.2) is 58.3 Å². The highest BCUT2D eigenvalue weighted by atomic mass is 32.2. The van der Waals surface area contributed by atoms with Gasteiger partial charge in [-0.3, -0.25) is 4.79 Å². The third kappa shape index (κ3) is 5.65. The van der Waals surface area contributed by atoms with Gasteiger partial charge in [-0.05, 0) is 48.9 Å². The Morgan fingerprint density at radius 2 is 1.91 bits per heavy atom. The van der Waals surface area contributed by atoms with Crippen molar-refractivity contribution >= 4 is 27.7 Å². The van der Waals surface area contributed by atoms with E-state index in [9.17, 15) is 26.4 Å². The normalized spacial score (nSPS) is 17.8. The summed E-state index contributed by atoms with van der Waals surface area (Å²) in [4.78, 5) is 13.2. The molecule has 2 aromatic carbocycles. The van der Waals surface area contributed by atoms with Crippen LogP contribution >= 0.6 is 11.8 Å². The monoisotopic (exact) mass is 486 g/mol. The smallest absolute Gasteiger partial charge is 0.350 e. The van der Waals surface area contributed by atoms with Crippen molar-refractivity contribution in [2.75, 3.05) is 18.8 Å². The molecule has 3 rings (SSSR count). The van der Waals surface area contributed by atoms with Crippen LogP contribution in [0.25, 0.3) is 0 Å². The molecular formula is C22H25F3N2O3S2. The number of alkyl halides is 3. The summed E-state index contributed by atoms with van der Waals surface area (Å²) < 4.78 is 66.8. The Hall–Kier alpha value is -2.04. The quantitative estimate of drug-likeness (QED) is 0.572. The third-order valence-corrected chi connectivity index (χ3v) is 8.17. The van der Waals surface area contributed by atoms with Crippen LogP contribution in [0.3, 0.4) is 0 Å². The Morgan fingerprint density at radius 3 is 2.62 bits per heavy atom. The number of sulfonamides is 1. The zero-order valence-corrected chi connectivity index (χ0v) is 19.2. The van der Waals surface area contributed by atoms with Crippen LogP contribution in [0.2, 0.25) is 0 Å². The van der Waals surface area contributed by atoms with Crippen LogP contribution in [0.5, 0.6) is 0 Å². The van der Waals surface area contributed by atoms with Crippen molar-refractivity contribution in [3.05, 3.63) is 59.7 Å². The van der Waals surface area contributed by atoms with E-state index in [1.807, 2.05) is 19.1 Å². The molecule has 1 amide bonds. The summed E-state index contributed by atoms with van der Waals surface area (Å²) in [5, 5.41) is 2.82. The predicted molar refractivity (Wildman–Crippen MR) is 118 cm³/mol. The summed E-state index contributed by atoms with van der Waals surface area (Å²) in [7, 11) is -4.15. The Kier molecular flexibility index (Phi) is 7.89. The van der Waals surface area contributed by atoms with Crippen molar-refractivity contribution in [1.82, 2.24) is 9.62 Å². The number of carbonyl (C=O) groups excluding carboxylic acids is 1. The van der Waals surface area contributed by atoms with Gasteiger partial charge in [-0.25, -0.2) is 8.42 Å². The van der Waals surface area contributed by atoms with Gasteiger partial charge in [0.15, 0.2) is 0 Å². The second kappa shape index (κ2) is 10.3. The minimum Gasteiger partial charge on any atom is -0.350 e. The molecule has 1 heterocycles. The molecule has 1 aliphatic rings. The average molecular weight is 487 g/mol. The number of hydrogen-bond acceptors (Lipinski definition) is 4. The molecule has 5 nitrogen and oxygen atoms in total. The summed E-state index contributed by atoms with van der Waals surface area (Å²) in [5.74, 6) is 0.499. The highest BCUT2D eigenvalue weighted by molar-refractivity contribution is 7.99. The van der Waals surface area contributed by atoms with Gasteiger partial charge in [-0.1, -0.05) is 31.5 Å². The van der Waals surface area contributed by atoms with Gasteiger partial charge in [-0.2, -0.15) is 17.5 Å². The molecule has 1 aliphatic heterocycles. The standard InChI is InChI=1S/C22H25F3N2O3S2/c1-2-31-20-12-4-3-11-19(20)21(28)26-15-17-9-5-6-13-27(17)32(29,30)18-10-7-8-16(14-18)22(23,24)25/h3-4,7-8,10-12,14,17H,2,5-6,9,13,15H2,1H3,(H,26,28). The Morgan fingerprint density at radius 1 is 1.16 bits per heavy atom. The zero-order chi connectivity index (χ0) is 23.4. The SMILES string of the molecule is CCSc1ccccc1C(=O)NCC1CCCCN1S(=O)(=O)c1cccc(C(F)(F)F)c1. The maximum Gasteiger partial charge on any atom is 0.416 e. The van der Waals surface area contributed by atoms with E-state index in [1.165, 1.54) is 22.1 Å². The number of amides is 1. The minimum absolute atomic E-state index is 0.0855. The van der Waals surface area contributed by atoms with E-state index < -0.39 is 32.7 Å². The second-order valence-electron chi connectivity index (χ2n) is 7.43. The molecule has 174 valence electrons. The number of rotatable bonds is 7. The van der Waals surface area contributed by atoms with Crippen molar-refractivity contribution < 1.29 is 26.4 Å². The van der Waals surface area contributed by atoms with Crippen LogP contribution < -0.4 is 5.32 Å². The van der Waals surface area contributed by atoms with E-state index in [2.05, 4.69) is 5.32 Å². The number of thioether (sulfide) groups is 1. The molecular weight excluding hydrogens is 461 g/mol. The summed E-state index contributed by atoms with van der Waals surface area (Å²) in [6.07, 6.45) is -2.73. The van der Waals surface area contributed by atoms with Gasteiger partial charge in [0, 0.05) is 24.0 Å². The van der Waals surface area contributed by atoms with Gasteiger partial charge in [0.1, 0.15) is 0 Å². The number of carbonyl (C=O) groups is 1. The highest BCUT2D eigenvalue weighted by Crippen LogP contribution is 2.32. The second-order valence-corrected chi connectivity index (χ2v) is 10.6. The Bertz CT molecular complexity index is 1060. The van der Waals surface area contributed by atoms with Crippen molar-refractivity contribution in [2.24, 2.45) is 0 Å². The van der Waals surface area contributed by atoms with E-state index in [0.717, 1.165) is 29.2 Å². The first-order chi connectivity index (χ1) is 15.1. The lowest BCUT2D eigenvalue weighted by Gasteiger charge is -2.35. The van der Waals surface area contributed by atoms with E-state index in [-0.39, 0.29) is 19.0 Å². The zero-order valence-electron chi connectivity index (χ0n) is 17.6. The fraction of sp³-hybridized carbons (Fsp3) is 0.409. The van der Waals surface area contributed by atoms with Crippen LogP contribution in [-0.4, -0.2) is 43.5 Å². The maximum absolute atomic E-state index is 13.2. The van der Waals surface area contributed by atoms with E-state index in [4.69, 9.17) is 0 Å². The fourth-order valence-corrected chi connectivity index (χ4v) is 6.25. The molecule has 10 heteroatoms. The predicted octanol–water partition coefficient (Wildman–Crippen LogP) is 4.79. The first kappa shape index (κ1) is 24.6. The lowest BCUT2D eigenvalue weighted by molar-refractivity contribution is -0.137. The Balaban J connectivity index is 1.78. The van der Waals surface area contributed by atoms with Gasteiger partial charge in [0.25, 0.3) is 5.91 Å². The molecule has 1 N–H and O–H groups in total. The summed E-state index contributed by atoms with van der Waals surface area (Å²) >= 11 is 1.54. The van der Waals surface area contributed by atoms with Crippen molar-refractivity contribution in [1.29, 1.82) is 0 Å². The van der Waals surface area contributed by atoms with E-state index in [1.54, 1.807) is 12.1 Å². The highest BCUT2D eigenvalue weighted by Gasteiger charge is 2.36. The number of piperidine rings is 1. The molecule has 1 atom stereocenters. The number of halogens is 3. The Labute approximate surface area is 190 Å². The van der Waals surface area contributed by atoms with Crippen molar-refractivity contribution in [2.45, 2.75) is 48.2 Å². The molecule has 32 heavy (non-hydrogen) atoms. The number of nitrogens with one attached hydrogen (secondary N) is 1. The van der Waals surface area contributed by atoms with Crippen LogP contribution in [0.1, 0.15) is 42.1 Å². The molecule has 1 fully saturated rings. The van der Waals surface area contributed by atoms with Gasteiger partial charge in [0.2, 0.25) is 10.0 Å². The van der Waals surface area contributed by atoms with Crippen LogP contribution in [0, 0.1) is 0 Å². The number of benzene rings is 2. The molecule has 0 bridgehead atoms. The molecule has 0 spiro atoms. The van der Waals surface area contributed by atoms with Crippen LogP contribution in [0.4, 0.5) is 13.2 Å². The minimum atomic E-state index is -4.63. The molecule has 0 aromatic heterocycles. The molecule has 2 aromatic rings. The van der Waals surface area contributed by atoms with Gasteiger partial charge in [-0.15, -0.1) is 11.8 Å². The summed E-state index contributed by atoms with van der Waals surface area (Å²) in [6, 6.07) is 10.4. The maximum atomic E-state index is 13.2. The number of nitrogens with zero attached hydrogens (tertiary/aromatic N) is 1. The largest absolute Gasteiger partial charge is 0.416 e. The van der Waals surface area contributed by atoms with Crippen LogP contribution in [-0.2, 0) is 16.2 Å². The molecule has 0 aliphatic carbocycles. The molecule has 0 saturated carbocycles. The van der Waals surface area contributed by atoms with Crippen molar-refractivity contribution in [3.63, 3.8) is 0 Å². The number of hydrogen-bond donors (Lipinski definition) is 1. The van der Waals surface area contributed by atoms with Gasteiger partial charge < -0.3 is 5.32 Å². The topological polar surface area (TPSA) is 66.5 Å². The molecule has 1 unspecified atom stereocenters. The molecule has 0 radical (unpaired) electrons. The van der Waals surface area contributed by atoms with E-state index >= 15 is 0 Å². The first-order valence-corrected chi connectivity index (χ1v) is 12.8. The average Bonchev–Trinajstić information content (AvgIpc) is 2.78. The first-order valence-electron chi connectivity index (χ1n) is 10.3.